The first-order valence-electron chi connectivity index (χ1n) is 11.4. The number of hydrogen-bond acceptors (Lipinski definition) is 6. The molecule has 3 aromatic heterocycles. The maximum Gasteiger partial charge on any atom is 0.431 e. The fourth-order valence-electron chi connectivity index (χ4n) is 3.78. The Balaban J connectivity index is 1.65. The molecule has 4 rings (SSSR count). The van der Waals surface area contributed by atoms with Crippen LogP contribution in [0.15, 0.2) is 36.4 Å². The van der Waals surface area contributed by atoms with Crippen LogP contribution in [0, 0.1) is 0 Å². The number of aryl methyl sites for hydroxylation is 1. The Morgan fingerprint density at radius 1 is 1.06 bits per heavy atom. The van der Waals surface area contributed by atoms with E-state index in [0.717, 1.165) is 34.9 Å². The average Bonchev–Trinajstić information content (AvgIpc) is 3.57. The number of benzene rings is 1. The lowest BCUT2D eigenvalue weighted by Crippen LogP contribution is -2.13. The van der Waals surface area contributed by atoms with E-state index < -0.39 is 11.9 Å². The number of ketones is 1. The predicted octanol–water partition coefficient (Wildman–Crippen LogP) is 4.64. The zero-order valence-electron chi connectivity index (χ0n) is 19.4. The molecule has 0 fully saturated rings. The summed E-state index contributed by atoms with van der Waals surface area (Å²) in [5, 5.41) is 17.8. The molecule has 0 spiro atoms. The van der Waals surface area contributed by atoms with Crippen molar-refractivity contribution in [2.24, 2.45) is 0 Å². The number of hydrogen-bond donors (Lipinski definition) is 1. The van der Waals surface area contributed by atoms with Crippen molar-refractivity contribution in [3.8, 4) is 17.2 Å². The zero-order valence-corrected chi connectivity index (χ0v) is 19.4. The summed E-state index contributed by atoms with van der Waals surface area (Å²) in [6.45, 7) is 4.34. The summed E-state index contributed by atoms with van der Waals surface area (Å²) in [7, 11) is 0. The van der Waals surface area contributed by atoms with E-state index in [0.29, 0.717) is 31.5 Å². The fraction of sp³-hybridized carbons (Fsp3) is 0.391. The lowest BCUT2D eigenvalue weighted by molar-refractivity contribution is -0.142. The fourth-order valence-corrected chi connectivity index (χ4v) is 3.78. The highest BCUT2D eigenvalue weighted by atomic mass is 19.4. The van der Waals surface area contributed by atoms with Gasteiger partial charge in [0.2, 0.25) is 17.4 Å². The molecular formula is C23H25F3N8O. The normalized spacial score (nSPS) is 11.8. The van der Waals surface area contributed by atoms with Crippen molar-refractivity contribution in [2.45, 2.75) is 58.7 Å². The molecule has 12 heteroatoms. The Morgan fingerprint density at radius 3 is 2.46 bits per heavy atom. The van der Waals surface area contributed by atoms with Crippen molar-refractivity contribution < 1.29 is 18.0 Å². The molecule has 0 unspecified atom stereocenters. The van der Waals surface area contributed by atoms with Gasteiger partial charge in [-0.25, -0.2) is 9.67 Å². The maximum atomic E-state index is 13.7. The van der Waals surface area contributed by atoms with Gasteiger partial charge >= 0.3 is 6.18 Å². The second kappa shape index (κ2) is 10.2. The molecule has 184 valence electrons. The number of tetrazole rings is 1. The first kappa shape index (κ1) is 24.3. The van der Waals surface area contributed by atoms with Crippen LogP contribution in [0.4, 0.5) is 13.2 Å². The molecule has 0 radical (unpaired) electrons. The van der Waals surface area contributed by atoms with Crippen LogP contribution in [0.25, 0.3) is 17.2 Å². The molecule has 0 amide bonds. The van der Waals surface area contributed by atoms with Gasteiger partial charge in [-0.15, -0.1) is 15.3 Å². The third-order valence-corrected chi connectivity index (χ3v) is 5.50. The van der Waals surface area contributed by atoms with Gasteiger partial charge in [0.1, 0.15) is 11.5 Å². The van der Waals surface area contributed by atoms with Crippen molar-refractivity contribution in [2.75, 3.05) is 0 Å². The molecule has 1 aromatic carbocycles. The van der Waals surface area contributed by atoms with Gasteiger partial charge in [-0.2, -0.15) is 18.4 Å². The average molecular weight is 487 g/mol. The van der Waals surface area contributed by atoms with E-state index in [-0.39, 0.29) is 23.1 Å². The summed E-state index contributed by atoms with van der Waals surface area (Å²) in [4.78, 5) is 16.8. The summed E-state index contributed by atoms with van der Waals surface area (Å²) in [5.41, 5.74) is 0.431. The first-order valence-corrected chi connectivity index (χ1v) is 11.4. The van der Waals surface area contributed by atoms with Crippen LogP contribution >= 0.6 is 0 Å². The summed E-state index contributed by atoms with van der Waals surface area (Å²) in [5.74, 6) is 0.888. The summed E-state index contributed by atoms with van der Waals surface area (Å²) >= 11 is 0. The second-order valence-electron chi connectivity index (χ2n) is 8.12. The van der Waals surface area contributed by atoms with Crippen molar-refractivity contribution in [1.29, 1.82) is 0 Å². The SMILES string of the molecule is CCCCc1nc(C(=O)CCC)nn1Cc1ccc(-n2c(-c3nn[nH]n3)ccc2C(F)(F)F)cc1. The summed E-state index contributed by atoms with van der Waals surface area (Å²) in [6.07, 6.45) is -0.908. The van der Waals surface area contributed by atoms with Crippen LogP contribution in [0.5, 0.6) is 0 Å². The minimum Gasteiger partial charge on any atom is -0.302 e. The van der Waals surface area contributed by atoms with Crippen LogP contribution in [0.1, 0.15) is 67.2 Å². The maximum absolute atomic E-state index is 13.7. The Bertz CT molecular complexity index is 1270. The number of carbonyl (C=O) groups excluding carboxylic acids is 1. The monoisotopic (exact) mass is 486 g/mol. The van der Waals surface area contributed by atoms with Gasteiger partial charge < -0.3 is 4.57 Å². The van der Waals surface area contributed by atoms with Crippen LogP contribution in [0.2, 0.25) is 0 Å². The number of rotatable bonds is 10. The lowest BCUT2D eigenvalue weighted by atomic mass is 10.2. The molecular weight excluding hydrogens is 461 g/mol. The quantitative estimate of drug-likeness (QED) is 0.327. The molecule has 0 saturated carbocycles. The second-order valence-corrected chi connectivity index (χ2v) is 8.12. The van der Waals surface area contributed by atoms with Crippen LogP contribution in [-0.4, -0.2) is 45.7 Å². The first-order chi connectivity index (χ1) is 16.8. The highest BCUT2D eigenvalue weighted by Crippen LogP contribution is 2.35. The number of Topliss-reactive ketones (excluding diaryl/α,β-unsaturated/α-hetero) is 1. The number of alkyl halides is 3. The van der Waals surface area contributed by atoms with Crippen molar-refractivity contribution in [1.82, 2.24) is 40.0 Å². The smallest absolute Gasteiger partial charge is 0.302 e. The molecule has 0 aliphatic carbocycles. The van der Waals surface area contributed by atoms with Crippen molar-refractivity contribution in [3.05, 3.63) is 59.3 Å². The number of H-pyrrole nitrogens is 1. The Morgan fingerprint density at radius 2 is 1.83 bits per heavy atom. The number of nitrogens with one attached hydrogen (secondary N) is 1. The van der Waals surface area contributed by atoms with Crippen LogP contribution in [-0.2, 0) is 19.1 Å². The summed E-state index contributed by atoms with van der Waals surface area (Å²) < 4.78 is 43.8. The molecule has 0 bridgehead atoms. The number of aromatic amines is 1. The number of carbonyl (C=O) groups is 1. The summed E-state index contributed by atoms with van der Waals surface area (Å²) in [6, 6.07) is 8.96. The van der Waals surface area contributed by atoms with Gasteiger partial charge in [-0.05, 0) is 47.9 Å². The molecule has 4 aromatic rings. The molecule has 3 heterocycles. The molecule has 9 nitrogen and oxygen atoms in total. The topological polar surface area (TPSA) is 107 Å². The highest BCUT2D eigenvalue weighted by molar-refractivity contribution is 5.92. The number of nitrogens with zero attached hydrogens (tertiary/aromatic N) is 7. The Hall–Kier alpha value is -3.83. The van der Waals surface area contributed by atoms with Gasteiger partial charge in [0.15, 0.2) is 0 Å². The van der Waals surface area contributed by atoms with E-state index in [2.05, 4.69) is 37.6 Å². The van der Waals surface area contributed by atoms with E-state index in [9.17, 15) is 18.0 Å². The Labute approximate surface area is 199 Å². The third-order valence-electron chi connectivity index (χ3n) is 5.50. The molecule has 0 aliphatic rings. The molecule has 0 saturated heterocycles. The molecule has 0 aliphatic heterocycles. The third kappa shape index (κ3) is 5.31. The molecule has 1 N–H and O–H groups in total. The van der Waals surface area contributed by atoms with Gasteiger partial charge in [0.25, 0.3) is 0 Å². The van der Waals surface area contributed by atoms with Crippen LogP contribution < -0.4 is 0 Å². The van der Waals surface area contributed by atoms with Gasteiger partial charge in [-0.1, -0.05) is 32.4 Å². The number of unbranched alkanes of at least 4 members (excludes halogenated alkanes) is 1. The van der Waals surface area contributed by atoms with E-state index in [4.69, 9.17) is 0 Å². The number of halogens is 3. The standard InChI is InChI=1S/C23H25F3N8O/c1-3-5-7-20-27-22(18(35)6-4-2)30-33(20)14-15-8-10-16(11-9-15)34-17(21-28-31-32-29-21)12-13-19(34)23(24,25)26/h8-13H,3-7,14H2,1-2H3,(H,28,29,31,32). The van der Waals surface area contributed by atoms with Gasteiger partial charge in [0.05, 0.1) is 12.2 Å². The number of aromatic nitrogens is 8. The van der Waals surface area contributed by atoms with Crippen LogP contribution in [0.3, 0.4) is 0 Å². The van der Waals surface area contributed by atoms with E-state index in [1.807, 2.05) is 6.92 Å². The largest absolute Gasteiger partial charge is 0.431 e. The van der Waals surface area contributed by atoms with E-state index >= 15 is 0 Å². The van der Waals surface area contributed by atoms with E-state index in [1.54, 1.807) is 28.9 Å². The van der Waals surface area contributed by atoms with Crippen molar-refractivity contribution in [3.63, 3.8) is 0 Å². The van der Waals surface area contributed by atoms with E-state index in [1.165, 1.54) is 6.07 Å². The zero-order chi connectivity index (χ0) is 25.0. The van der Waals surface area contributed by atoms with Gasteiger partial charge in [-0.3, -0.25) is 4.79 Å². The minimum absolute atomic E-state index is 0.0528. The lowest BCUT2D eigenvalue weighted by Gasteiger charge is -2.15. The molecule has 35 heavy (non-hydrogen) atoms. The highest BCUT2D eigenvalue weighted by Gasteiger charge is 2.36. The van der Waals surface area contributed by atoms with Gasteiger partial charge in [0, 0.05) is 18.5 Å². The minimum atomic E-state index is -4.57. The Kier molecular flexibility index (Phi) is 7.08. The predicted molar refractivity (Wildman–Crippen MR) is 121 cm³/mol. The van der Waals surface area contributed by atoms with Crippen molar-refractivity contribution >= 4 is 5.78 Å². The molecule has 0 atom stereocenters.